The summed E-state index contributed by atoms with van der Waals surface area (Å²) >= 11 is 0. The average Bonchev–Trinajstić information content (AvgIpc) is 2.19. The van der Waals surface area contributed by atoms with Crippen molar-refractivity contribution in [1.82, 2.24) is 0 Å². The van der Waals surface area contributed by atoms with Crippen molar-refractivity contribution in [3.8, 4) is 5.75 Å². The van der Waals surface area contributed by atoms with Gasteiger partial charge >= 0.3 is 0 Å². The number of nitrogens with two attached hydrogens (primary N) is 1. The molecule has 18 heavy (non-hydrogen) atoms. The van der Waals surface area contributed by atoms with Gasteiger partial charge < -0.3 is 20.5 Å². The molecule has 0 aliphatic carbocycles. The van der Waals surface area contributed by atoms with Gasteiger partial charge in [0.05, 0.1) is 23.6 Å². The summed E-state index contributed by atoms with van der Waals surface area (Å²) in [4.78, 5) is 1.78. The largest absolute Gasteiger partial charge is 0.491 e. The van der Waals surface area contributed by atoms with Gasteiger partial charge in [0.1, 0.15) is 0 Å². The van der Waals surface area contributed by atoms with E-state index >= 15 is 0 Å². The summed E-state index contributed by atoms with van der Waals surface area (Å²) in [6.07, 6.45) is 0. The second-order valence-electron chi connectivity index (χ2n) is 4.94. The van der Waals surface area contributed by atoms with Gasteiger partial charge in [0.2, 0.25) is 0 Å². The third kappa shape index (κ3) is 3.77. The zero-order valence-electron chi connectivity index (χ0n) is 11.3. The van der Waals surface area contributed by atoms with Crippen LogP contribution in [-0.2, 0) is 0 Å². The molecule has 0 bridgehead atoms. The van der Waals surface area contributed by atoms with Gasteiger partial charge in [-0.2, -0.15) is 0 Å². The molecule has 0 unspecified atom stereocenters. The molecule has 0 radical (unpaired) electrons. The van der Waals surface area contributed by atoms with Crippen LogP contribution >= 0.6 is 0 Å². The summed E-state index contributed by atoms with van der Waals surface area (Å²) in [7, 11) is 1.79. The van der Waals surface area contributed by atoms with E-state index in [0.717, 1.165) is 0 Å². The summed E-state index contributed by atoms with van der Waals surface area (Å²) in [5.74, 6) is -0.306. The molecule has 0 saturated heterocycles. The summed E-state index contributed by atoms with van der Waals surface area (Å²) in [5, 5.41) is 9.78. The first-order valence-electron chi connectivity index (χ1n) is 5.90. The van der Waals surface area contributed by atoms with Crippen LogP contribution in [0.1, 0.15) is 20.8 Å². The van der Waals surface area contributed by atoms with E-state index in [2.05, 4.69) is 0 Å². The Bertz CT molecular complexity index is 416. The van der Waals surface area contributed by atoms with E-state index in [4.69, 9.17) is 10.5 Å². The first kappa shape index (κ1) is 14.6. The summed E-state index contributed by atoms with van der Waals surface area (Å²) in [6.45, 7) is 5.96. The van der Waals surface area contributed by atoms with E-state index in [0.29, 0.717) is 24.5 Å². The van der Waals surface area contributed by atoms with Crippen LogP contribution in [0.15, 0.2) is 12.1 Å². The van der Waals surface area contributed by atoms with Crippen LogP contribution in [0.25, 0.3) is 0 Å². The standard InChI is InChI=1S/C13H21FN2O2/c1-5-18-12-7-11(10(15)6-9(12)14)16(4)8-13(2,3)17/h6-7,17H,5,8,15H2,1-4H3. The molecule has 0 aromatic heterocycles. The van der Waals surface area contributed by atoms with Crippen LogP contribution in [0.5, 0.6) is 5.75 Å². The highest BCUT2D eigenvalue weighted by Crippen LogP contribution is 2.31. The van der Waals surface area contributed by atoms with Gasteiger partial charge in [-0.05, 0) is 20.8 Å². The predicted octanol–water partition coefficient (Wildman–Crippen LogP) is 2.01. The molecule has 0 fully saturated rings. The minimum Gasteiger partial charge on any atom is -0.491 e. The summed E-state index contributed by atoms with van der Waals surface area (Å²) in [5.41, 5.74) is 5.89. The van der Waals surface area contributed by atoms with Crippen molar-refractivity contribution in [3.05, 3.63) is 17.9 Å². The molecular weight excluding hydrogens is 235 g/mol. The molecular formula is C13H21FN2O2. The van der Waals surface area contributed by atoms with E-state index in [1.165, 1.54) is 6.07 Å². The Hall–Kier alpha value is -1.49. The summed E-state index contributed by atoms with van der Waals surface area (Å²) in [6, 6.07) is 2.79. The van der Waals surface area contributed by atoms with Crippen LogP contribution in [0.2, 0.25) is 0 Å². The Labute approximate surface area is 107 Å². The number of rotatable bonds is 5. The van der Waals surface area contributed by atoms with Crippen LogP contribution < -0.4 is 15.4 Å². The van der Waals surface area contributed by atoms with Crippen molar-refractivity contribution in [1.29, 1.82) is 0 Å². The second-order valence-corrected chi connectivity index (χ2v) is 4.94. The van der Waals surface area contributed by atoms with E-state index < -0.39 is 11.4 Å². The molecule has 0 amide bonds. The highest BCUT2D eigenvalue weighted by Gasteiger charge is 2.19. The number of hydrogen-bond acceptors (Lipinski definition) is 4. The first-order chi connectivity index (χ1) is 8.24. The van der Waals surface area contributed by atoms with Gasteiger partial charge in [0.25, 0.3) is 0 Å². The quantitative estimate of drug-likeness (QED) is 0.791. The highest BCUT2D eigenvalue weighted by molar-refractivity contribution is 5.69. The zero-order valence-corrected chi connectivity index (χ0v) is 11.3. The molecule has 5 heteroatoms. The molecule has 0 aliphatic rings. The SMILES string of the molecule is CCOc1cc(N(C)CC(C)(C)O)c(N)cc1F. The van der Waals surface area contributed by atoms with Gasteiger partial charge in [-0.1, -0.05) is 0 Å². The van der Waals surface area contributed by atoms with Crippen molar-refractivity contribution in [2.24, 2.45) is 0 Å². The lowest BCUT2D eigenvalue weighted by atomic mass is 10.1. The lowest BCUT2D eigenvalue weighted by Crippen LogP contribution is -2.36. The Balaban J connectivity index is 3.04. The molecule has 0 aliphatic heterocycles. The molecule has 0 saturated carbocycles. The third-order valence-corrected chi connectivity index (χ3v) is 2.42. The van der Waals surface area contributed by atoms with Crippen molar-refractivity contribution < 1.29 is 14.2 Å². The average molecular weight is 256 g/mol. The number of ether oxygens (including phenoxy) is 1. The molecule has 102 valence electrons. The van der Waals surface area contributed by atoms with Gasteiger partial charge in [0.15, 0.2) is 11.6 Å². The molecule has 3 N–H and O–H groups in total. The lowest BCUT2D eigenvalue weighted by Gasteiger charge is -2.28. The second kappa shape index (κ2) is 5.44. The Morgan fingerprint density at radius 3 is 2.56 bits per heavy atom. The monoisotopic (exact) mass is 256 g/mol. The van der Waals surface area contributed by atoms with Crippen LogP contribution in [-0.4, -0.2) is 30.9 Å². The first-order valence-corrected chi connectivity index (χ1v) is 5.90. The minimum atomic E-state index is -0.860. The topological polar surface area (TPSA) is 58.7 Å². The van der Waals surface area contributed by atoms with E-state index in [9.17, 15) is 9.50 Å². The van der Waals surface area contributed by atoms with E-state index in [1.54, 1.807) is 38.8 Å². The fourth-order valence-electron chi connectivity index (χ4n) is 1.82. The molecule has 0 heterocycles. The van der Waals surface area contributed by atoms with Crippen LogP contribution in [0, 0.1) is 5.82 Å². The van der Waals surface area contributed by atoms with Gasteiger partial charge in [-0.3, -0.25) is 0 Å². The van der Waals surface area contributed by atoms with Crippen molar-refractivity contribution in [3.63, 3.8) is 0 Å². The smallest absolute Gasteiger partial charge is 0.167 e. The van der Waals surface area contributed by atoms with Gasteiger partial charge in [0, 0.05) is 25.7 Å². The minimum absolute atomic E-state index is 0.171. The molecule has 0 atom stereocenters. The number of likely N-dealkylation sites (N-methyl/N-ethyl adjacent to an activating group) is 1. The molecule has 1 aromatic carbocycles. The van der Waals surface area contributed by atoms with Crippen molar-refractivity contribution in [2.45, 2.75) is 26.4 Å². The maximum atomic E-state index is 13.5. The number of nitrogen functional groups attached to an aromatic ring is 1. The fraction of sp³-hybridized carbons (Fsp3) is 0.538. The number of hydrogen-bond donors (Lipinski definition) is 2. The molecule has 1 rings (SSSR count). The summed E-state index contributed by atoms with van der Waals surface area (Å²) < 4.78 is 18.7. The Morgan fingerprint density at radius 2 is 2.06 bits per heavy atom. The lowest BCUT2D eigenvalue weighted by molar-refractivity contribution is 0.0886. The van der Waals surface area contributed by atoms with E-state index in [1.807, 2.05) is 0 Å². The highest BCUT2D eigenvalue weighted by atomic mass is 19.1. The number of aliphatic hydroxyl groups is 1. The van der Waals surface area contributed by atoms with Crippen molar-refractivity contribution in [2.75, 3.05) is 30.8 Å². The molecule has 0 spiro atoms. The van der Waals surface area contributed by atoms with Crippen LogP contribution in [0.4, 0.5) is 15.8 Å². The number of halogens is 1. The van der Waals surface area contributed by atoms with Gasteiger partial charge in [-0.15, -0.1) is 0 Å². The molecule has 1 aromatic rings. The Morgan fingerprint density at radius 1 is 1.44 bits per heavy atom. The predicted molar refractivity (Wildman–Crippen MR) is 71.5 cm³/mol. The van der Waals surface area contributed by atoms with E-state index in [-0.39, 0.29) is 5.75 Å². The number of anilines is 2. The van der Waals surface area contributed by atoms with Gasteiger partial charge in [-0.25, -0.2) is 4.39 Å². The number of nitrogens with zero attached hydrogens (tertiary/aromatic N) is 1. The fourth-order valence-corrected chi connectivity index (χ4v) is 1.82. The normalized spacial score (nSPS) is 11.4. The van der Waals surface area contributed by atoms with Crippen LogP contribution in [0.3, 0.4) is 0 Å². The van der Waals surface area contributed by atoms with Crippen molar-refractivity contribution >= 4 is 11.4 Å². The maximum Gasteiger partial charge on any atom is 0.167 e. The zero-order chi connectivity index (χ0) is 13.9. The maximum absolute atomic E-state index is 13.5. The third-order valence-electron chi connectivity index (χ3n) is 2.42. The molecule has 4 nitrogen and oxygen atoms in total. The number of benzene rings is 1. The Kier molecular flexibility index (Phi) is 4.40.